The van der Waals surface area contributed by atoms with Crippen molar-refractivity contribution in [3.63, 3.8) is 0 Å². The predicted molar refractivity (Wildman–Crippen MR) is 84.5 cm³/mol. The summed E-state index contributed by atoms with van der Waals surface area (Å²) in [5.41, 5.74) is -4.42. The van der Waals surface area contributed by atoms with Crippen LogP contribution in [0.15, 0.2) is 30.3 Å². The van der Waals surface area contributed by atoms with Crippen molar-refractivity contribution >= 4 is 23.3 Å². The van der Waals surface area contributed by atoms with Crippen molar-refractivity contribution in [3.8, 4) is 0 Å². The van der Waals surface area contributed by atoms with Crippen molar-refractivity contribution in [2.75, 3.05) is 7.11 Å². The first kappa shape index (κ1) is 22.1. The lowest BCUT2D eigenvalue weighted by molar-refractivity contribution is -0.397. The summed E-state index contributed by atoms with van der Waals surface area (Å²) in [6.45, 7) is 0. The van der Waals surface area contributed by atoms with Gasteiger partial charge in [0.25, 0.3) is 0 Å². The highest BCUT2D eigenvalue weighted by molar-refractivity contribution is 7.80. The molecular formula is C15H13F7N2O3S. The number of carbonyl (C=O) groups excluding carboxylic acids is 1. The first-order chi connectivity index (χ1) is 12.7. The Labute approximate surface area is 158 Å². The second-order valence-electron chi connectivity index (χ2n) is 5.90. The number of rotatable bonds is 4. The molecule has 5 nitrogen and oxygen atoms in total. The van der Waals surface area contributed by atoms with Crippen molar-refractivity contribution in [2.45, 2.75) is 29.8 Å². The third-order valence-corrected chi connectivity index (χ3v) is 4.44. The molecule has 0 spiro atoms. The molecule has 0 aliphatic carbocycles. The Morgan fingerprint density at radius 2 is 1.68 bits per heavy atom. The maximum absolute atomic E-state index is 14.5. The summed E-state index contributed by atoms with van der Waals surface area (Å²) >= 11 is 4.60. The molecule has 0 bridgehead atoms. The molecule has 2 rings (SSSR count). The van der Waals surface area contributed by atoms with Crippen LogP contribution in [0.1, 0.15) is 11.6 Å². The van der Waals surface area contributed by atoms with Gasteiger partial charge in [0.05, 0.1) is 13.2 Å². The first-order valence-electron chi connectivity index (χ1n) is 7.47. The topological polar surface area (TPSA) is 70.6 Å². The summed E-state index contributed by atoms with van der Waals surface area (Å²) in [6.07, 6.45) is -6.73. The Morgan fingerprint density at radius 1 is 1.14 bits per heavy atom. The van der Waals surface area contributed by atoms with Gasteiger partial charge >= 0.3 is 24.0 Å². The van der Waals surface area contributed by atoms with E-state index in [-0.39, 0.29) is 5.56 Å². The van der Waals surface area contributed by atoms with Crippen molar-refractivity contribution in [1.29, 1.82) is 0 Å². The highest BCUT2D eigenvalue weighted by Gasteiger charge is 2.83. The van der Waals surface area contributed by atoms with Crippen molar-refractivity contribution < 1.29 is 45.4 Å². The highest BCUT2D eigenvalue weighted by Crippen LogP contribution is 2.54. The fraction of sp³-hybridized carbons (Fsp3) is 0.467. The second kappa shape index (κ2) is 7.03. The number of halogens is 7. The van der Waals surface area contributed by atoms with Gasteiger partial charge in [0.1, 0.15) is 5.92 Å². The number of ether oxygens (including phenoxy) is 1. The monoisotopic (exact) mass is 434 g/mol. The molecule has 1 fully saturated rings. The molecule has 3 N–H and O–H groups in total. The van der Waals surface area contributed by atoms with Crippen LogP contribution in [0.5, 0.6) is 0 Å². The molecule has 1 aliphatic rings. The molecule has 0 amide bonds. The number of alkyl halides is 7. The molecule has 0 aromatic heterocycles. The van der Waals surface area contributed by atoms with Crippen molar-refractivity contribution in [3.05, 3.63) is 35.9 Å². The third kappa shape index (κ3) is 3.26. The smallest absolute Gasteiger partial charge is 0.460 e. The maximum atomic E-state index is 14.5. The van der Waals surface area contributed by atoms with E-state index in [1.54, 1.807) is 0 Å². The Kier molecular flexibility index (Phi) is 5.56. The molecule has 28 heavy (non-hydrogen) atoms. The fourth-order valence-electron chi connectivity index (χ4n) is 2.81. The van der Waals surface area contributed by atoms with Gasteiger partial charge in [-0.25, -0.2) is 0 Å². The van der Waals surface area contributed by atoms with E-state index >= 15 is 0 Å². The number of benzene rings is 1. The Balaban J connectivity index is 2.70. The van der Waals surface area contributed by atoms with Crippen LogP contribution in [0, 0.1) is 5.92 Å². The standard InChI is InChI=1S/C15H13F7N2O3S/c1-27-10(25)8-9(7-5-3-2-4-6-7)23-11(28)24-12(8,26)13(16,17)14(18,19)15(20,21)22/h2-6,8-9,26H,1H3,(H2,23,24,28)/t8-,9+,12-/m0/s1. The average Bonchev–Trinajstić information content (AvgIpc) is 2.60. The van der Waals surface area contributed by atoms with Crippen LogP contribution in [-0.4, -0.2) is 47.0 Å². The van der Waals surface area contributed by atoms with E-state index in [0.29, 0.717) is 7.11 Å². The van der Waals surface area contributed by atoms with Crippen LogP contribution in [0.2, 0.25) is 0 Å². The molecule has 3 atom stereocenters. The fourth-order valence-corrected chi connectivity index (χ4v) is 3.10. The lowest BCUT2D eigenvalue weighted by Crippen LogP contribution is -2.78. The van der Waals surface area contributed by atoms with Crippen LogP contribution >= 0.6 is 12.2 Å². The van der Waals surface area contributed by atoms with Gasteiger partial charge in [0.15, 0.2) is 5.11 Å². The number of methoxy groups -OCH3 is 1. The summed E-state index contributed by atoms with van der Waals surface area (Å²) in [5, 5.41) is 13.2. The lowest BCUT2D eigenvalue weighted by atomic mass is 9.77. The Bertz CT molecular complexity index is 760. The van der Waals surface area contributed by atoms with Gasteiger partial charge < -0.3 is 20.5 Å². The lowest BCUT2D eigenvalue weighted by Gasteiger charge is -2.49. The minimum Gasteiger partial charge on any atom is -0.469 e. The van der Waals surface area contributed by atoms with E-state index in [9.17, 15) is 40.6 Å². The molecule has 0 radical (unpaired) electrons. The van der Waals surface area contributed by atoms with Gasteiger partial charge in [-0.2, -0.15) is 30.7 Å². The molecule has 13 heteroatoms. The normalized spacial score (nSPS) is 26.2. The molecular weight excluding hydrogens is 421 g/mol. The van der Waals surface area contributed by atoms with Crippen LogP contribution in [-0.2, 0) is 9.53 Å². The molecule has 0 saturated carbocycles. The summed E-state index contributed by atoms with van der Waals surface area (Å²) in [7, 11) is 0.692. The minimum atomic E-state index is -6.73. The van der Waals surface area contributed by atoms with E-state index in [2.05, 4.69) is 22.3 Å². The first-order valence-corrected chi connectivity index (χ1v) is 7.87. The number of esters is 1. The van der Waals surface area contributed by atoms with Crippen molar-refractivity contribution in [1.82, 2.24) is 10.6 Å². The van der Waals surface area contributed by atoms with Gasteiger partial charge in [0.2, 0.25) is 5.72 Å². The number of carbonyl (C=O) groups is 1. The van der Waals surface area contributed by atoms with Crippen LogP contribution < -0.4 is 10.6 Å². The molecule has 1 aromatic carbocycles. The van der Waals surface area contributed by atoms with Gasteiger partial charge in [-0.3, -0.25) is 4.79 Å². The molecule has 0 unspecified atom stereocenters. The number of thiocarbonyl (C=S) groups is 1. The zero-order chi connectivity index (χ0) is 21.5. The van der Waals surface area contributed by atoms with Gasteiger partial charge in [0, 0.05) is 0 Å². The molecule has 1 aromatic rings. The van der Waals surface area contributed by atoms with E-state index in [0.717, 1.165) is 0 Å². The van der Waals surface area contributed by atoms with Gasteiger partial charge in [-0.15, -0.1) is 0 Å². The number of hydrogen-bond acceptors (Lipinski definition) is 4. The van der Waals surface area contributed by atoms with Crippen LogP contribution in [0.3, 0.4) is 0 Å². The Morgan fingerprint density at radius 3 is 2.14 bits per heavy atom. The summed E-state index contributed by atoms with van der Waals surface area (Å²) in [6, 6.07) is 5.11. The third-order valence-electron chi connectivity index (χ3n) is 4.22. The molecule has 1 heterocycles. The van der Waals surface area contributed by atoms with Gasteiger partial charge in [-0.05, 0) is 17.8 Å². The van der Waals surface area contributed by atoms with Crippen molar-refractivity contribution in [2.24, 2.45) is 5.92 Å². The quantitative estimate of drug-likeness (QED) is 0.385. The SMILES string of the molecule is COC(=O)[C@@H]1[C@@H](c2ccccc2)NC(=S)N[C@@]1(O)C(F)(F)C(F)(F)C(F)(F)F. The minimum absolute atomic E-state index is 0.00583. The number of aliphatic hydroxyl groups is 1. The zero-order valence-electron chi connectivity index (χ0n) is 13.9. The maximum Gasteiger partial charge on any atom is 0.460 e. The largest absolute Gasteiger partial charge is 0.469 e. The summed E-state index contributed by atoms with van der Waals surface area (Å²) < 4.78 is 98.5. The highest BCUT2D eigenvalue weighted by atomic mass is 32.1. The summed E-state index contributed by atoms with van der Waals surface area (Å²) in [5.74, 6) is -17.2. The molecule has 1 saturated heterocycles. The Hall–Kier alpha value is -2.15. The van der Waals surface area contributed by atoms with Crippen LogP contribution in [0.25, 0.3) is 0 Å². The average molecular weight is 434 g/mol. The van der Waals surface area contributed by atoms with Gasteiger partial charge in [-0.1, -0.05) is 30.3 Å². The predicted octanol–water partition coefficient (Wildman–Crippen LogP) is 2.52. The zero-order valence-corrected chi connectivity index (χ0v) is 14.7. The second-order valence-corrected chi connectivity index (χ2v) is 6.31. The van der Waals surface area contributed by atoms with E-state index in [1.165, 1.54) is 35.6 Å². The molecule has 1 aliphatic heterocycles. The molecule has 156 valence electrons. The van der Waals surface area contributed by atoms with Crippen LogP contribution in [0.4, 0.5) is 30.7 Å². The van der Waals surface area contributed by atoms with E-state index in [1.807, 2.05) is 0 Å². The number of hydrogen-bond donors (Lipinski definition) is 3. The number of nitrogens with one attached hydrogen (secondary N) is 2. The van der Waals surface area contributed by atoms with E-state index in [4.69, 9.17) is 0 Å². The van der Waals surface area contributed by atoms with E-state index < -0.39 is 46.8 Å². The summed E-state index contributed by atoms with van der Waals surface area (Å²) in [4.78, 5) is 12.1.